The summed E-state index contributed by atoms with van der Waals surface area (Å²) in [5.41, 5.74) is 10.8. The summed E-state index contributed by atoms with van der Waals surface area (Å²) in [6, 6.07) is 15.1. The van der Waals surface area contributed by atoms with Crippen molar-refractivity contribution >= 4 is 39.3 Å². The molecule has 3 N–H and O–H groups in total. The fraction of sp³-hybridized carbons (Fsp3) is 0.320. The molecule has 1 fully saturated rings. The minimum absolute atomic E-state index is 0.209. The fourth-order valence-corrected chi connectivity index (χ4v) is 5.38. The Bertz CT molecular complexity index is 1280. The van der Waals surface area contributed by atoms with Gasteiger partial charge >= 0.3 is 0 Å². The molecule has 1 aromatic heterocycles. The number of hydrogen-bond donors (Lipinski definition) is 2. The predicted octanol–water partition coefficient (Wildman–Crippen LogP) is 1.39. The lowest BCUT2D eigenvalue weighted by atomic mass is 10.0. The van der Waals surface area contributed by atoms with E-state index in [9.17, 15) is 18.6 Å². The molecule has 2 heterocycles. The van der Waals surface area contributed by atoms with Gasteiger partial charge in [-0.3, -0.25) is 24.0 Å². The molecule has 10 heteroatoms. The van der Waals surface area contributed by atoms with Crippen LogP contribution in [0, 0.1) is 0 Å². The van der Waals surface area contributed by atoms with Crippen LogP contribution in [-0.4, -0.2) is 62.6 Å². The summed E-state index contributed by atoms with van der Waals surface area (Å²) in [6.45, 7) is 3.13. The maximum Gasteiger partial charge on any atom is 0.289 e. The molecule has 0 aliphatic carbocycles. The van der Waals surface area contributed by atoms with Crippen LogP contribution in [0.25, 0.3) is 10.9 Å². The Kier molecular flexibility index (Phi) is 7.62. The number of Topliss-reactive ketones (excluding diaryl/α,β-unsaturated/α-hetero) is 1. The number of fused-ring (bicyclic) bond motifs is 1. The van der Waals surface area contributed by atoms with Gasteiger partial charge in [0, 0.05) is 47.6 Å². The first-order chi connectivity index (χ1) is 16.9. The van der Waals surface area contributed by atoms with E-state index in [1.165, 1.54) is 0 Å². The number of nitrogens with one attached hydrogen (secondary N) is 1. The van der Waals surface area contributed by atoms with Gasteiger partial charge in [0.15, 0.2) is 6.61 Å². The van der Waals surface area contributed by atoms with E-state index >= 15 is 0 Å². The molecule has 2 aromatic carbocycles. The minimum Gasteiger partial charge on any atom is -0.483 e. The molecular weight excluding hydrogens is 468 g/mol. The van der Waals surface area contributed by atoms with Crippen molar-refractivity contribution in [2.75, 3.05) is 31.2 Å². The van der Waals surface area contributed by atoms with Crippen molar-refractivity contribution < 1.29 is 23.3 Å². The van der Waals surface area contributed by atoms with Crippen LogP contribution in [0.1, 0.15) is 28.5 Å². The number of carbonyl (C=O) groups excluding carboxylic acids is 3. The highest BCUT2D eigenvalue weighted by Gasteiger charge is 2.27. The van der Waals surface area contributed by atoms with Crippen molar-refractivity contribution in [2.45, 2.75) is 19.9 Å². The lowest BCUT2D eigenvalue weighted by Gasteiger charge is -2.26. The first-order valence-corrected chi connectivity index (χ1v) is 12.9. The van der Waals surface area contributed by atoms with E-state index in [2.05, 4.69) is 5.43 Å². The highest BCUT2D eigenvalue weighted by Crippen LogP contribution is 2.35. The quantitative estimate of drug-likeness (QED) is 0.341. The second-order valence-corrected chi connectivity index (χ2v) is 9.95. The number of rotatable bonds is 9. The number of carbonyl (C=O) groups is 3. The van der Waals surface area contributed by atoms with E-state index in [-0.39, 0.29) is 18.1 Å². The van der Waals surface area contributed by atoms with Crippen LogP contribution >= 0.6 is 0 Å². The average molecular weight is 497 g/mol. The largest absolute Gasteiger partial charge is 0.483 e. The highest BCUT2D eigenvalue weighted by molar-refractivity contribution is 7.85. The number of ether oxygens (including phenoxy) is 1. The highest BCUT2D eigenvalue weighted by atomic mass is 32.2. The molecule has 1 aliphatic rings. The normalized spacial score (nSPS) is 14.7. The van der Waals surface area contributed by atoms with Gasteiger partial charge in [-0.15, -0.1) is 0 Å². The van der Waals surface area contributed by atoms with Crippen LogP contribution < -0.4 is 15.9 Å². The molecular formula is C25H28N4O5S. The molecule has 35 heavy (non-hydrogen) atoms. The summed E-state index contributed by atoms with van der Waals surface area (Å²) in [4.78, 5) is 37.4. The van der Waals surface area contributed by atoms with Gasteiger partial charge in [-0.25, -0.2) is 5.01 Å². The van der Waals surface area contributed by atoms with Crippen LogP contribution in [0.5, 0.6) is 5.75 Å². The van der Waals surface area contributed by atoms with Crippen LogP contribution in [-0.2, 0) is 33.4 Å². The van der Waals surface area contributed by atoms with E-state index in [1.54, 1.807) is 17.1 Å². The van der Waals surface area contributed by atoms with Gasteiger partial charge < -0.3 is 15.0 Å². The number of hydrogen-bond acceptors (Lipinski definition) is 6. The van der Waals surface area contributed by atoms with Gasteiger partial charge in [0.05, 0.1) is 16.5 Å². The molecule has 0 radical (unpaired) electrons. The van der Waals surface area contributed by atoms with Gasteiger partial charge in [0.25, 0.3) is 17.6 Å². The number of nitrogens with zero attached hydrogens (tertiary/aromatic N) is 2. The molecule has 4 rings (SSSR count). The van der Waals surface area contributed by atoms with E-state index in [4.69, 9.17) is 10.5 Å². The minimum atomic E-state index is -1.05. The van der Waals surface area contributed by atoms with Crippen LogP contribution in [0.15, 0.2) is 48.5 Å². The zero-order valence-corrected chi connectivity index (χ0v) is 20.3. The number of amides is 2. The number of ketones is 1. The van der Waals surface area contributed by atoms with Gasteiger partial charge in [0.2, 0.25) is 0 Å². The molecule has 9 nitrogen and oxygen atoms in total. The van der Waals surface area contributed by atoms with Crippen molar-refractivity contribution in [3.8, 4) is 5.75 Å². The molecule has 0 spiro atoms. The molecule has 0 saturated carbocycles. The zero-order chi connectivity index (χ0) is 24.9. The summed E-state index contributed by atoms with van der Waals surface area (Å²) in [7, 11) is -0.848. The molecule has 0 bridgehead atoms. The van der Waals surface area contributed by atoms with Crippen molar-refractivity contribution in [1.29, 1.82) is 0 Å². The lowest BCUT2D eigenvalue weighted by molar-refractivity contribution is -0.127. The van der Waals surface area contributed by atoms with Gasteiger partial charge in [-0.2, -0.15) is 0 Å². The summed E-state index contributed by atoms with van der Waals surface area (Å²) in [5.74, 6) is -0.865. The maximum absolute atomic E-state index is 12.9. The number of nitrogens with two attached hydrogens (primary N) is 1. The first-order valence-electron chi connectivity index (χ1n) is 11.4. The van der Waals surface area contributed by atoms with Gasteiger partial charge in [-0.05, 0) is 24.1 Å². The summed E-state index contributed by atoms with van der Waals surface area (Å²) < 4.78 is 19.4. The molecule has 3 aromatic rings. The van der Waals surface area contributed by atoms with Crippen LogP contribution in [0.3, 0.4) is 0 Å². The van der Waals surface area contributed by atoms with E-state index in [1.807, 2.05) is 47.9 Å². The Morgan fingerprint density at radius 2 is 1.77 bits per heavy atom. The monoisotopic (exact) mass is 496 g/mol. The average Bonchev–Trinajstić information content (AvgIpc) is 3.17. The zero-order valence-electron chi connectivity index (χ0n) is 19.5. The third kappa shape index (κ3) is 5.44. The SMILES string of the molecule is CCc1c(C(=O)C(N)=O)c2c(OCC(=O)NN3CCS(=O)CC3)cccc2n1Cc1ccccc1. The fourth-order valence-electron chi connectivity index (χ4n) is 4.32. The topological polar surface area (TPSA) is 124 Å². The Balaban J connectivity index is 1.67. The smallest absolute Gasteiger partial charge is 0.289 e. The molecule has 0 unspecified atom stereocenters. The lowest BCUT2D eigenvalue weighted by Crippen LogP contribution is -2.50. The second kappa shape index (κ2) is 10.8. The summed E-state index contributed by atoms with van der Waals surface area (Å²) in [6.07, 6.45) is 0.492. The van der Waals surface area contributed by atoms with Crippen molar-refractivity contribution in [1.82, 2.24) is 15.0 Å². The van der Waals surface area contributed by atoms with E-state index in [0.717, 1.165) is 5.56 Å². The summed E-state index contributed by atoms with van der Waals surface area (Å²) in [5, 5.41) is 2.19. The van der Waals surface area contributed by atoms with E-state index in [0.29, 0.717) is 59.9 Å². The third-order valence-electron chi connectivity index (χ3n) is 5.95. The molecule has 1 aliphatic heterocycles. The Hall–Kier alpha value is -3.50. The van der Waals surface area contributed by atoms with Crippen LogP contribution in [0.4, 0.5) is 0 Å². The Labute approximate surface area is 205 Å². The number of primary amides is 1. The molecule has 2 amide bonds. The number of aromatic nitrogens is 1. The van der Waals surface area contributed by atoms with Gasteiger partial charge in [0.1, 0.15) is 5.75 Å². The predicted molar refractivity (Wildman–Crippen MR) is 133 cm³/mol. The maximum atomic E-state index is 12.9. The Morgan fingerprint density at radius 1 is 1.06 bits per heavy atom. The van der Waals surface area contributed by atoms with Crippen molar-refractivity contribution in [2.24, 2.45) is 5.73 Å². The van der Waals surface area contributed by atoms with Crippen LogP contribution in [0.2, 0.25) is 0 Å². The molecule has 1 saturated heterocycles. The van der Waals surface area contributed by atoms with Crippen molar-refractivity contribution in [3.05, 3.63) is 65.4 Å². The third-order valence-corrected chi connectivity index (χ3v) is 7.22. The second-order valence-electron chi connectivity index (χ2n) is 8.25. The van der Waals surface area contributed by atoms with Crippen molar-refractivity contribution in [3.63, 3.8) is 0 Å². The Morgan fingerprint density at radius 3 is 2.43 bits per heavy atom. The summed E-state index contributed by atoms with van der Waals surface area (Å²) >= 11 is 0. The molecule has 0 atom stereocenters. The van der Waals surface area contributed by atoms with Gasteiger partial charge in [-0.1, -0.05) is 43.3 Å². The standard InChI is InChI=1S/C25H28N4O5S/c1-2-18-23(24(31)25(26)32)22-19(29(18)15-17-7-4-3-5-8-17)9-6-10-20(22)34-16-21(30)27-28-11-13-35(33)14-12-28/h3-10H,2,11-16H2,1H3,(H2,26,32)(H,27,30). The first kappa shape index (κ1) is 24.6. The number of benzene rings is 2. The molecule has 184 valence electrons. The van der Waals surface area contributed by atoms with E-state index < -0.39 is 22.5 Å². The number of hydrazine groups is 1.